The minimum Gasteiger partial charge on any atom is -0.497 e. The number of rotatable bonds is 5. The largest absolute Gasteiger partial charge is 0.497 e. The summed E-state index contributed by atoms with van der Waals surface area (Å²) in [4.78, 5) is 24.9. The number of fused-ring (bicyclic) bond motifs is 1. The Morgan fingerprint density at radius 1 is 1.19 bits per heavy atom. The fourth-order valence-electron chi connectivity index (χ4n) is 3.41. The quantitative estimate of drug-likeness (QED) is 0.638. The Balaban J connectivity index is 1.53. The van der Waals surface area contributed by atoms with Gasteiger partial charge in [-0.1, -0.05) is 24.3 Å². The van der Waals surface area contributed by atoms with Gasteiger partial charge in [0.05, 0.1) is 31.0 Å². The molecule has 1 unspecified atom stereocenters. The Morgan fingerprint density at radius 3 is 2.58 bits per heavy atom. The van der Waals surface area contributed by atoms with Crippen LogP contribution in [-0.4, -0.2) is 28.7 Å². The average Bonchev–Trinajstić information content (AvgIpc) is 3.27. The molecule has 3 aromatic rings. The second-order valence-electron chi connectivity index (χ2n) is 6.88. The monoisotopic (exact) mass is 430 g/mol. The number of amides is 2. The number of hydrogen-bond donors (Lipinski definition) is 2. The third kappa shape index (κ3) is 3.96. The molecular formula is C21H17F3N4O3. The second-order valence-corrected chi connectivity index (χ2v) is 6.88. The lowest BCUT2D eigenvalue weighted by atomic mass is 10.1. The van der Waals surface area contributed by atoms with Gasteiger partial charge in [-0.2, -0.15) is 18.3 Å². The molecule has 7 nitrogen and oxygen atoms in total. The van der Waals surface area contributed by atoms with Crippen LogP contribution in [0.15, 0.2) is 54.7 Å². The molecule has 1 aliphatic rings. The van der Waals surface area contributed by atoms with E-state index in [0.717, 1.165) is 17.7 Å². The molecule has 2 amide bonds. The second kappa shape index (κ2) is 7.78. The number of carbonyl (C=O) groups is 2. The molecule has 2 aromatic carbocycles. The lowest BCUT2D eigenvalue weighted by Gasteiger charge is -2.14. The number of ether oxygens (including phenoxy) is 1. The first-order valence-electron chi connectivity index (χ1n) is 9.27. The van der Waals surface area contributed by atoms with Crippen molar-refractivity contribution in [1.29, 1.82) is 0 Å². The number of benzene rings is 2. The third-order valence-corrected chi connectivity index (χ3v) is 4.92. The van der Waals surface area contributed by atoms with Crippen LogP contribution in [-0.2, 0) is 15.8 Å². The summed E-state index contributed by atoms with van der Waals surface area (Å²) in [6.45, 7) is 0. The van der Waals surface area contributed by atoms with E-state index in [4.69, 9.17) is 4.74 Å². The van der Waals surface area contributed by atoms with E-state index >= 15 is 0 Å². The van der Waals surface area contributed by atoms with Crippen molar-refractivity contribution in [2.24, 2.45) is 0 Å². The van der Waals surface area contributed by atoms with Crippen molar-refractivity contribution >= 4 is 23.3 Å². The molecule has 0 fully saturated rings. The van der Waals surface area contributed by atoms with Gasteiger partial charge in [0, 0.05) is 5.56 Å². The molecule has 2 heterocycles. The van der Waals surface area contributed by atoms with E-state index in [0.29, 0.717) is 17.1 Å². The Bertz CT molecular complexity index is 1140. The predicted molar refractivity (Wildman–Crippen MR) is 107 cm³/mol. The van der Waals surface area contributed by atoms with Gasteiger partial charge in [-0.15, -0.1) is 0 Å². The Labute approximate surface area is 174 Å². The minimum absolute atomic E-state index is 0.363. The molecule has 0 radical (unpaired) electrons. The molecule has 4 rings (SSSR count). The van der Waals surface area contributed by atoms with Crippen LogP contribution in [0, 0.1) is 0 Å². The zero-order valence-electron chi connectivity index (χ0n) is 16.2. The topological polar surface area (TPSA) is 85.2 Å². The summed E-state index contributed by atoms with van der Waals surface area (Å²) in [7, 11) is 1.55. The molecule has 1 aromatic heterocycles. The summed E-state index contributed by atoms with van der Waals surface area (Å²) in [6.07, 6.45) is -3.42. The van der Waals surface area contributed by atoms with Gasteiger partial charge in [-0.25, -0.2) is 4.68 Å². The van der Waals surface area contributed by atoms with Gasteiger partial charge in [0.2, 0.25) is 5.91 Å². The first-order valence-corrected chi connectivity index (χ1v) is 9.27. The highest BCUT2D eigenvalue weighted by Crippen LogP contribution is 2.37. The summed E-state index contributed by atoms with van der Waals surface area (Å²) in [5.74, 6) is -0.0998. The van der Waals surface area contributed by atoms with E-state index in [9.17, 15) is 22.8 Å². The highest BCUT2D eigenvalue weighted by molar-refractivity contribution is 6.04. The van der Waals surface area contributed by atoms with Crippen molar-refractivity contribution in [3.8, 4) is 16.9 Å². The van der Waals surface area contributed by atoms with Crippen molar-refractivity contribution in [2.45, 2.75) is 18.6 Å². The lowest BCUT2D eigenvalue weighted by Crippen LogP contribution is -2.24. The number of carbonyl (C=O) groups excluding carboxylic acids is 2. The van der Waals surface area contributed by atoms with Gasteiger partial charge >= 0.3 is 6.18 Å². The summed E-state index contributed by atoms with van der Waals surface area (Å²) in [5, 5.41) is 9.16. The molecule has 160 valence electrons. The molecular weight excluding hydrogens is 413 g/mol. The summed E-state index contributed by atoms with van der Waals surface area (Å²) in [5.41, 5.74) is 0.117. The number of halogens is 3. The fourth-order valence-corrected chi connectivity index (χ4v) is 3.41. The van der Waals surface area contributed by atoms with Crippen molar-refractivity contribution in [3.63, 3.8) is 0 Å². The summed E-state index contributed by atoms with van der Waals surface area (Å²) >= 11 is 0. The minimum atomic E-state index is -4.61. The van der Waals surface area contributed by atoms with Gasteiger partial charge in [-0.05, 0) is 29.8 Å². The highest BCUT2D eigenvalue weighted by atomic mass is 19.4. The molecule has 0 spiro atoms. The van der Waals surface area contributed by atoms with E-state index < -0.39 is 29.6 Å². The Hall–Kier alpha value is -3.82. The molecule has 1 atom stereocenters. The number of alkyl halides is 3. The normalized spacial score (nSPS) is 15.4. The van der Waals surface area contributed by atoms with Crippen LogP contribution in [0.25, 0.3) is 11.1 Å². The van der Waals surface area contributed by atoms with Gasteiger partial charge < -0.3 is 15.4 Å². The van der Waals surface area contributed by atoms with Crippen molar-refractivity contribution in [2.75, 3.05) is 17.7 Å². The first-order chi connectivity index (χ1) is 14.8. The highest BCUT2D eigenvalue weighted by Gasteiger charge is 2.36. The number of methoxy groups -OCH3 is 1. The maximum atomic E-state index is 13.1. The van der Waals surface area contributed by atoms with Gasteiger partial charge in [0.15, 0.2) is 0 Å². The number of nitrogens with zero attached hydrogens (tertiary/aromatic N) is 2. The third-order valence-electron chi connectivity index (χ3n) is 4.92. The average molecular weight is 430 g/mol. The molecule has 0 aliphatic carbocycles. The maximum absolute atomic E-state index is 13.1. The summed E-state index contributed by atoms with van der Waals surface area (Å²) in [6, 6.07) is 10.8. The van der Waals surface area contributed by atoms with Crippen molar-refractivity contribution < 1.29 is 27.5 Å². The molecule has 31 heavy (non-hydrogen) atoms. The molecule has 0 saturated carbocycles. The maximum Gasteiger partial charge on any atom is 0.418 e. The zero-order chi connectivity index (χ0) is 22.2. The van der Waals surface area contributed by atoms with Gasteiger partial charge in [-0.3, -0.25) is 9.59 Å². The number of anilines is 2. The summed E-state index contributed by atoms with van der Waals surface area (Å²) < 4.78 is 45.9. The van der Waals surface area contributed by atoms with Crippen LogP contribution in [0.1, 0.15) is 18.0 Å². The lowest BCUT2D eigenvalue weighted by molar-refractivity contribution is -0.137. The SMILES string of the molecule is COc1ccc(-c2cnn3c2NC(=O)C3CC(=O)Nc2ccccc2C(F)(F)F)cc1. The number of hydrogen-bond acceptors (Lipinski definition) is 4. The first kappa shape index (κ1) is 20.5. The van der Waals surface area contributed by atoms with Crippen LogP contribution >= 0.6 is 0 Å². The molecule has 1 aliphatic heterocycles. The van der Waals surface area contributed by atoms with Crippen LogP contribution in [0.2, 0.25) is 0 Å². The standard InChI is InChI=1S/C21H17F3N4O3/c1-31-13-8-6-12(7-9-13)14-11-25-28-17(20(30)27-19(14)28)10-18(29)26-16-5-3-2-4-15(16)21(22,23)24/h2-9,11,17H,10H2,1H3,(H,26,29)(H,27,30). The molecule has 0 bridgehead atoms. The van der Waals surface area contributed by atoms with E-state index in [1.54, 1.807) is 37.6 Å². The van der Waals surface area contributed by atoms with Crippen LogP contribution in [0.3, 0.4) is 0 Å². The van der Waals surface area contributed by atoms with E-state index in [1.165, 1.54) is 16.8 Å². The van der Waals surface area contributed by atoms with E-state index in [1.807, 2.05) is 0 Å². The van der Waals surface area contributed by atoms with Crippen LogP contribution < -0.4 is 15.4 Å². The van der Waals surface area contributed by atoms with E-state index in [-0.39, 0.29) is 12.1 Å². The van der Waals surface area contributed by atoms with Crippen molar-refractivity contribution in [3.05, 3.63) is 60.3 Å². The van der Waals surface area contributed by atoms with Crippen LogP contribution in [0.5, 0.6) is 5.75 Å². The Kier molecular flexibility index (Phi) is 5.14. The Morgan fingerprint density at radius 2 is 1.90 bits per heavy atom. The molecule has 10 heteroatoms. The molecule has 0 saturated heterocycles. The predicted octanol–water partition coefficient (Wildman–Crippen LogP) is 4.10. The van der Waals surface area contributed by atoms with Crippen molar-refractivity contribution in [1.82, 2.24) is 9.78 Å². The number of para-hydroxylation sites is 1. The molecule has 2 N–H and O–H groups in total. The van der Waals surface area contributed by atoms with Gasteiger partial charge in [0.1, 0.15) is 17.6 Å². The van der Waals surface area contributed by atoms with Gasteiger partial charge in [0.25, 0.3) is 5.91 Å². The number of nitrogens with one attached hydrogen (secondary N) is 2. The number of aromatic nitrogens is 2. The zero-order valence-corrected chi connectivity index (χ0v) is 16.2. The smallest absolute Gasteiger partial charge is 0.418 e. The van der Waals surface area contributed by atoms with E-state index in [2.05, 4.69) is 15.7 Å². The fraction of sp³-hybridized carbons (Fsp3) is 0.190. The van der Waals surface area contributed by atoms with Crippen LogP contribution in [0.4, 0.5) is 24.7 Å².